The molecule has 0 unspecified atom stereocenters. The van der Waals surface area contributed by atoms with Crippen LogP contribution >= 0.6 is 27.7 Å². The van der Waals surface area contributed by atoms with Gasteiger partial charge >= 0.3 is 0 Å². The van der Waals surface area contributed by atoms with E-state index in [2.05, 4.69) is 25.9 Å². The van der Waals surface area contributed by atoms with E-state index >= 15 is 0 Å². The first-order chi connectivity index (χ1) is 8.74. The van der Waals surface area contributed by atoms with E-state index in [0.717, 1.165) is 15.1 Å². The summed E-state index contributed by atoms with van der Waals surface area (Å²) >= 11 is 4.75. The maximum atomic E-state index is 5.28. The highest BCUT2D eigenvalue weighted by atomic mass is 79.9. The summed E-state index contributed by atoms with van der Waals surface area (Å²) in [7, 11) is 3.22. The molecule has 0 N–H and O–H groups in total. The van der Waals surface area contributed by atoms with Gasteiger partial charge in [0.1, 0.15) is 5.75 Å². The average molecular weight is 327 g/mol. The molecule has 18 heavy (non-hydrogen) atoms. The van der Waals surface area contributed by atoms with Gasteiger partial charge in [-0.05, 0) is 39.8 Å². The molecule has 4 nitrogen and oxygen atoms in total. The highest BCUT2D eigenvalue weighted by Gasteiger charge is 2.09. The Morgan fingerprint density at radius 3 is 2.67 bits per heavy atom. The second kappa shape index (κ2) is 6.06. The summed E-state index contributed by atoms with van der Waals surface area (Å²) in [6.07, 6.45) is 1.67. The van der Waals surface area contributed by atoms with E-state index in [4.69, 9.17) is 9.47 Å². The topological polar surface area (TPSA) is 44.2 Å². The SMILES string of the molecule is COc1ccccc1Sc1ncc(Br)c(OC)n1. The molecule has 1 heterocycles. The fourth-order valence-corrected chi connectivity index (χ4v) is 2.51. The summed E-state index contributed by atoms with van der Waals surface area (Å²) in [5, 5.41) is 0.611. The van der Waals surface area contributed by atoms with Crippen LogP contribution in [0.5, 0.6) is 11.6 Å². The largest absolute Gasteiger partial charge is 0.496 e. The molecule has 1 aromatic carbocycles. The third-order valence-electron chi connectivity index (χ3n) is 2.15. The second-order valence-electron chi connectivity index (χ2n) is 3.26. The van der Waals surface area contributed by atoms with Gasteiger partial charge in [-0.15, -0.1) is 0 Å². The molecule has 6 heteroatoms. The molecule has 0 aliphatic rings. The predicted octanol–water partition coefficient (Wildman–Crippen LogP) is 3.41. The van der Waals surface area contributed by atoms with Gasteiger partial charge in [-0.1, -0.05) is 12.1 Å². The summed E-state index contributed by atoms with van der Waals surface area (Å²) in [6, 6.07) is 7.73. The van der Waals surface area contributed by atoms with Gasteiger partial charge in [0, 0.05) is 6.20 Å². The van der Waals surface area contributed by atoms with E-state index in [0.29, 0.717) is 11.0 Å². The van der Waals surface area contributed by atoms with Gasteiger partial charge in [0.25, 0.3) is 0 Å². The molecule has 0 aliphatic carbocycles. The number of benzene rings is 1. The first-order valence-corrected chi connectivity index (χ1v) is 6.73. The summed E-state index contributed by atoms with van der Waals surface area (Å²) < 4.78 is 11.1. The third-order valence-corrected chi connectivity index (χ3v) is 3.63. The summed E-state index contributed by atoms with van der Waals surface area (Å²) in [5.41, 5.74) is 0. The quantitative estimate of drug-likeness (QED) is 0.805. The van der Waals surface area contributed by atoms with Gasteiger partial charge in [0.05, 0.1) is 23.6 Å². The second-order valence-corrected chi connectivity index (χ2v) is 5.13. The van der Waals surface area contributed by atoms with Crippen LogP contribution in [0.3, 0.4) is 0 Å². The number of ether oxygens (including phenoxy) is 2. The monoisotopic (exact) mass is 326 g/mol. The maximum Gasteiger partial charge on any atom is 0.231 e. The fourth-order valence-electron chi connectivity index (χ4n) is 1.33. The van der Waals surface area contributed by atoms with E-state index in [1.807, 2.05) is 24.3 Å². The van der Waals surface area contributed by atoms with Crippen molar-refractivity contribution in [2.24, 2.45) is 0 Å². The lowest BCUT2D eigenvalue weighted by Crippen LogP contribution is -1.93. The number of hydrogen-bond donors (Lipinski definition) is 0. The van der Waals surface area contributed by atoms with Crippen LogP contribution in [-0.4, -0.2) is 24.2 Å². The number of halogens is 1. The van der Waals surface area contributed by atoms with Gasteiger partial charge in [-0.2, -0.15) is 4.98 Å². The Balaban J connectivity index is 2.28. The van der Waals surface area contributed by atoms with Crippen LogP contribution in [0.15, 0.2) is 45.0 Å². The van der Waals surface area contributed by atoms with E-state index in [1.54, 1.807) is 20.4 Å². The van der Waals surface area contributed by atoms with Crippen LogP contribution < -0.4 is 9.47 Å². The van der Waals surface area contributed by atoms with Crippen molar-refractivity contribution < 1.29 is 9.47 Å². The Morgan fingerprint density at radius 2 is 1.94 bits per heavy atom. The molecule has 2 rings (SSSR count). The first-order valence-electron chi connectivity index (χ1n) is 5.12. The van der Waals surface area contributed by atoms with Crippen molar-refractivity contribution in [2.45, 2.75) is 10.1 Å². The highest BCUT2D eigenvalue weighted by Crippen LogP contribution is 2.34. The fraction of sp³-hybridized carbons (Fsp3) is 0.167. The van der Waals surface area contributed by atoms with Crippen LogP contribution in [0, 0.1) is 0 Å². The average Bonchev–Trinajstić information content (AvgIpc) is 2.41. The summed E-state index contributed by atoms with van der Waals surface area (Å²) in [4.78, 5) is 9.48. The minimum atomic E-state index is 0.516. The smallest absolute Gasteiger partial charge is 0.231 e. The molecule has 0 aliphatic heterocycles. The molecule has 0 amide bonds. The zero-order chi connectivity index (χ0) is 13.0. The highest BCUT2D eigenvalue weighted by molar-refractivity contribution is 9.10. The van der Waals surface area contributed by atoms with E-state index in [-0.39, 0.29) is 0 Å². The zero-order valence-corrected chi connectivity index (χ0v) is 12.3. The minimum Gasteiger partial charge on any atom is -0.496 e. The van der Waals surface area contributed by atoms with Crippen molar-refractivity contribution in [3.05, 3.63) is 34.9 Å². The number of hydrogen-bond acceptors (Lipinski definition) is 5. The van der Waals surface area contributed by atoms with Crippen LogP contribution in [0.25, 0.3) is 0 Å². The zero-order valence-electron chi connectivity index (χ0n) is 9.88. The molecule has 0 atom stereocenters. The Labute approximate surface area is 118 Å². The van der Waals surface area contributed by atoms with Crippen molar-refractivity contribution in [1.82, 2.24) is 9.97 Å². The Morgan fingerprint density at radius 1 is 1.17 bits per heavy atom. The number of para-hydroxylation sites is 1. The Hall–Kier alpha value is -1.27. The standard InChI is InChI=1S/C12H11BrN2O2S/c1-16-9-5-3-4-6-10(9)18-12-14-7-8(13)11(15-12)17-2/h3-7H,1-2H3. The summed E-state index contributed by atoms with van der Waals surface area (Å²) in [5.74, 6) is 1.32. The van der Waals surface area contributed by atoms with E-state index in [1.165, 1.54) is 11.8 Å². The molecule has 0 radical (unpaired) electrons. The molecule has 94 valence electrons. The van der Waals surface area contributed by atoms with Crippen LogP contribution in [0.4, 0.5) is 0 Å². The van der Waals surface area contributed by atoms with Gasteiger partial charge in [-0.3, -0.25) is 0 Å². The van der Waals surface area contributed by atoms with Crippen LogP contribution in [-0.2, 0) is 0 Å². The molecule has 0 saturated heterocycles. The molecule has 1 aromatic heterocycles. The van der Waals surface area contributed by atoms with Gasteiger partial charge in [0.15, 0.2) is 5.16 Å². The number of methoxy groups -OCH3 is 2. The molecule has 0 saturated carbocycles. The third kappa shape index (κ3) is 2.94. The van der Waals surface area contributed by atoms with Gasteiger partial charge in [0.2, 0.25) is 5.88 Å². The lowest BCUT2D eigenvalue weighted by molar-refractivity contribution is 0.389. The first kappa shape index (κ1) is 13.2. The van der Waals surface area contributed by atoms with Crippen molar-refractivity contribution in [3.8, 4) is 11.6 Å². The number of nitrogens with zero attached hydrogens (tertiary/aromatic N) is 2. The Bertz CT molecular complexity index is 551. The molecule has 0 bridgehead atoms. The molecule has 0 fully saturated rings. The number of rotatable bonds is 4. The molecule has 2 aromatic rings. The van der Waals surface area contributed by atoms with Crippen molar-refractivity contribution in [2.75, 3.05) is 14.2 Å². The van der Waals surface area contributed by atoms with Crippen molar-refractivity contribution in [3.63, 3.8) is 0 Å². The Kier molecular flexibility index (Phi) is 4.43. The van der Waals surface area contributed by atoms with E-state index < -0.39 is 0 Å². The lowest BCUT2D eigenvalue weighted by atomic mass is 10.3. The molecular formula is C12H11BrN2O2S. The van der Waals surface area contributed by atoms with Crippen LogP contribution in [0.1, 0.15) is 0 Å². The number of aromatic nitrogens is 2. The lowest BCUT2D eigenvalue weighted by Gasteiger charge is -2.07. The normalized spacial score (nSPS) is 10.2. The minimum absolute atomic E-state index is 0.516. The molecular weight excluding hydrogens is 316 g/mol. The summed E-state index contributed by atoms with van der Waals surface area (Å²) in [6.45, 7) is 0. The predicted molar refractivity (Wildman–Crippen MR) is 73.4 cm³/mol. The van der Waals surface area contributed by atoms with E-state index in [9.17, 15) is 0 Å². The maximum absolute atomic E-state index is 5.28. The molecule has 0 spiro atoms. The van der Waals surface area contributed by atoms with Gasteiger partial charge in [-0.25, -0.2) is 4.98 Å². The van der Waals surface area contributed by atoms with Crippen molar-refractivity contribution >= 4 is 27.7 Å². The van der Waals surface area contributed by atoms with Crippen LogP contribution in [0.2, 0.25) is 0 Å². The van der Waals surface area contributed by atoms with Gasteiger partial charge < -0.3 is 9.47 Å². The van der Waals surface area contributed by atoms with Crippen molar-refractivity contribution in [1.29, 1.82) is 0 Å².